The minimum absolute atomic E-state index is 0.00409. The molecule has 1 heterocycles. The van der Waals surface area contributed by atoms with Crippen molar-refractivity contribution in [3.05, 3.63) is 29.6 Å². The molecule has 0 aliphatic carbocycles. The largest absolute Gasteiger partial charge is 0.481 e. The van der Waals surface area contributed by atoms with E-state index in [1.54, 1.807) is 13.0 Å². The Morgan fingerprint density at radius 2 is 2.25 bits per heavy atom. The monoisotopic (exact) mass is 281 g/mol. The number of halogens is 1. The minimum Gasteiger partial charge on any atom is -0.481 e. The first-order chi connectivity index (χ1) is 9.49. The number of hydrogen-bond acceptors (Lipinski definition) is 3. The number of rotatable bonds is 4. The summed E-state index contributed by atoms with van der Waals surface area (Å²) in [5, 5.41) is 9.00. The summed E-state index contributed by atoms with van der Waals surface area (Å²) in [5.41, 5.74) is 0.818. The number of likely N-dealkylation sites (tertiary alicyclic amines) is 1. The lowest BCUT2D eigenvalue weighted by Crippen LogP contribution is -2.42. The number of ether oxygens (including phenoxy) is 1. The van der Waals surface area contributed by atoms with Crippen molar-refractivity contribution in [1.82, 2.24) is 4.90 Å². The van der Waals surface area contributed by atoms with E-state index in [4.69, 9.17) is 9.84 Å². The Morgan fingerprint density at radius 3 is 2.95 bits per heavy atom. The summed E-state index contributed by atoms with van der Waals surface area (Å²) in [7, 11) is 0. The Kier molecular flexibility index (Phi) is 4.22. The molecular weight excluding hydrogens is 265 g/mol. The first-order valence-electron chi connectivity index (χ1n) is 6.40. The number of carboxylic acid groups (broad SMARTS) is 1. The van der Waals surface area contributed by atoms with Crippen LogP contribution in [0.1, 0.15) is 18.4 Å². The van der Waals surface area contributed by atoms with Gasteiger partial charge >= 0.3 is 5.97 Å². The Bertz CT molecular complexity index is 532. The van der Waals surface area contributed by atoms with Gasteiger partial charge in [0.15, 0.2) is 18.2 Å². The number of carboxylic acids is 1. The summed E-state index contributed by atoms with van der Waals surface area (Å²) >= 11 is 0. The SMILES string of the molecule is Cc1ccc(F)c(OCC(=O)N2CCC[C@@H]2C(=O)O)c1. The normalized spacial score (nSPS) is 18.1. The summed E-state index contributed by atoms with van der Waals surface area (Å²) < 4.78 is 18.6. The molecule has 0 aromatic heterocycles. The van der Waals surface area contributed by atoms with E-state index in [2.05, 4.69) is 0 Å². The van der Waals surface area contributed by atoms with Crippen molar-refractivity contribution < 1.29 is 23.8 Å². The van der Waals surface area contributed by atoms with Crippen LogP contribution in [-0.4, -0.2) is 41.1 Å². The van der Waals surface area contributed by atoms with Gasteiger partial charge in [0.2, 0.25) is 0 Å². The Hall–Kier alpha value is -2.11. The predicted octanol–water partition coefficient (Wildman–Crippen LogP) is 1.59. The van der Waals surface area contributed by atoms with Crippen molar-refractivity contribution in [3.8, 4) is 5.75 Å². The Balaban J connectivity index is 1.98. The molecule has 6 heteroatoms. The molecule has 1 aromatic carbocycles. The van der Waals surface area contributed by atoms with E-state index in [0.717, 1.165) is 5.56 Å². The summed E-state index contributed by atoms with van der Waals surface area (Å²) in [4.78, 5) is 24.2. The molecule has 108 valence electrons. The number of amides is 1. The van der Waals surface area contributed by atoms with Crippen molar-refractivity contribution in [3.63, 3.8) is 0 Å². The molecule has 1 aliphatic heterocycles. The van der Waals surface area contributed by atoms with Gasteiger partial charge in [-0.25, -0.2) is 9.18 Å². The molecule has 5 nitrogen and oxygen atoms in total. The van der Waals surface area contributed by atoms with Crippen LogP contribution in [0.2, 0.25) is 0 Å². The van der Waals surface area contributed by atoms with Gasteiger partial charge in [0.25, 0.3) is 5.91 Å². The molecule has 1 amide bonds. The molecule has 0 bridgehead atoms. The smallest absolute Gasteiger partial charge is 0.326 e. The highest BCUT2D eigenvalue weighted by atomic mass is 19.1. The van der Waals surface area contributed by atoms with Crippen molar-refractivity contribution in [1.29, 1.82) is 0 Å². The van der Waals surface area contributed by atoms with Gasteiger partial charge in [-0.15, -0.1) is 0 Å². The number of aryl methyl sites for hydroxylation is 1. The maximum atomic E-state index is 13.5. The van der Waals surface area contributed by atoms with Crippen LogP contribution in [0.15, 0.2) is 18.2 Å². The van der Waals surface area contributed by atoms with Gasteiger partial charge in [-0.1, -0.05) is 6.07 Å². The third-order valence-electron chi connectivity index (χ3n) is 3.30. The van der Waals surface area contributed by atoms with Crippen LogP contribution in [0.25, 0.3) is 0 Å². The molecule has 0 unspecified atom stereocenters. The number of hydrogen-bond donors (Lipinski definition) is 1. The lowest BCUT2D eigenvalue weighted by molar-refractivity contribution is -0.149. The van der Waals surface area contributed by atoms with Gasteiger partial charge in [-0.3, -0.25) is 4.79 Å². The average molecular weight is 281 g/mol. The molecule has 1 fully saturated rings. The van der Waals surface area contributed by atoms with Crippen molar-refractivity contribution >= 4 is 11.9 Å². The second-order valence-electron chi connectivity index (χ2n) is 4.81. The first kappa shape index (κ1) is 14.3. The van der Waals surface area contributed by atoms with Crippen molar-refractivity contribution in [2.75, 3.05) is 13.2 Å². The summed E-state index contributed by atoms with van der Waals surface area (Å²) in [6, 6.07) is 3.57. The molecule has 0 saturated carbocycles. The maximum absolute atomic E-state index is 13.5. The van der Waals surface area contributed by atoms with Gasteiger partial charge in [-0.05, 0) is 37.5 Å². The van der Waals surface area contributed by atoms with E-state index >= 15 is 0 Å². The Labute approximate surface area is 116 Å². The number of carbonyl (C=O) groups excluding carboxylic acids is 1. The van der Waals surface area contributed by atoms with Crippen LogP contribution in [0.3, 0.4) is 0 Å². The first-order valence-corrected chi connectivity index (χ1v) is 6.40. The van der Waals surface area contributed by atoms with Crippen molar-refractivity contribution in [2.45, 2.75) is 25.8 Å². The lowest BCUT2D eigenvalue weighted by Gasteiger charge is -2.21. The van der Waals surface area contributed by atoms with Crippen LogP contribution in [0.4, 0.5) is 4.39 Å². The highest BCUT2D eigenvalue weighted by Gasteiger charge is 2.34. The van der Waals surface area contributed by atoms with Crippen LogP contribution in [-0.2, 0) is 9.59 Å². The van der Waals surface area contributed by atoms with Gasteiger partial charge in [0, 0.05) is 6.54 Å². The highest BCUT2D eigenvalue weighted by molar-refractivity contribution is 5.85. The van der Waals surface area contributed by atoms with E-state index in [-0.39, 0.29) is 12.4 Å². The fourth-order valence-electron chi connectivity index (χ4n) is 2.27. The second-order valence-corrected chi connectivity index (χ2v) is 4.81. The van der Waals surface area contributed by atoms with E-state index < -0.39 is 23.7 Å². The lowest BCUT2D eigenvalue weighted by atomic mass is 10.2. The topological polar surface area (TPSA) is 66.8 Å². The van der Waals surface area contributed by atoms with Gasteiger partial charge < -0.3 is 14.7 Å². The molecular formula is C14H16FNO4. The summed E-state index contributed by atoms with van der Waals surface area (Å²) in [6.45, 7) is 1.83. The maximum Gasteiger partial charge on any atom is 0.326 e. The quantitative estimate of drug-likeness (QED) is 0.910. The standard InChI is InChI=1S/C14H16FNO4/c1-9-4-5-10(15)12(7-9)20-8-13(17)16-6-2-3-11(16)14(18)19/h4-5,7,11H,2-3,6,8H2,1H3,(H,18,19)/t11-/m1/s1. The van der Waals surface area contributed by atoms with Gasteiger partial charge in [0.05, 0.1) is 0 Å². The molecule has 1 N–H and O–H groups in total. The zero-order valence-corrected chi connectivity index (χ0v) is 11.1. The number of carbonyl (C=O) groups is 2. The molecule has 1 saturated heterocycles. The molecule has 20 heavy (non-hydrogen) atoms. The van der Waals surface area contributed by atoms with E-state index in [1.807, 2.05) is 0 Å². The summed E-state index contributed by atoms with van der Waals surface area (Å²) in [6.07, 6.45) is 1.10. The molecule has 1 aliphatic rings. The molecule has 1 aromatic rings. The third-order valence-corrected chi connectivity index (χ3v) is 3.30. The number of nitrogens with zero attached hydrogens (tertiary/aromatic N) is 1. The number of benzene rings is 1. The van der Waals surface area contributed by atoms with E-state index in [1.165, 1.54) is 17.0 Å². The molecule has 0 radical (unpaired) electrons. The van der Waals surface area contributed by atoms with Gasteiger partial charge in [0.1, 0.15) is 6.04 Å². The fourth-order valence-corrected chi connectivity index (χ4v) is 2.27. The van der Waals surface area contributed by atoms with Gasteiger partial charge in [-0.2, -0.15) is 0 Å². The van der Waals surface area contributed by atoms with Crippen LogP contribution in [0.5, 0.6) is 5.75 Å². The van der Waals surface area contributed by atoms with Crippen LogP contribution >= 0.6 is 0 Å². The highest BCUT2D eigenvalue weighted by Crippen LogP contribution is 2.20. The zero-order chi connectivity index (χ0) is 14.7. The second kappa shape index (κ2) is 5.90. The fraction of sp³-hybridized carbons (Fsp3) is 0.429. The van der Waals surface area contributed by atoms with Crippen molar-refractivity contribution in [2.24, 2.45) is 0 Å². The molecule has 2 rings (SSSR count). The predicted molar refractivity (Wildman–Crippen MR) is 69.0 cm³/mol. The van der Waals surface area contributed by atoms with E-state index in [0.29, 0.717) is 19.4 Å². The average Bonchev–Trinajstić information content (AvgIpc) is 2.89. The van der Waals surface area contributed by atoms with Crippen LogP contribution < -0.4 is 4.74 Å². The van der Waals surface area contributed by atoms with Crippen LogP contribution in [0, 0.1) is 12.7 Å². The molecule has 1 atom stereocenters. The van der Waals surface area contributed by atoms with E-state index in [9.17, 15) is 14.0 Å². The zero-order valence-electron chi connectivity index (χ0n) is 11.1. The third kappa shape index (κ3) is 3.07. The Morgan fingerprint density at radius 1 is 1.50 bits per heavy atom. The molecule has 0 spiro atoms. The summed E-state index contributed by atoms with van der Waals surface area (Å²) in [5.74, 6) is -1.99. The minimum atomic E-state index is -1.02. The number of aliphatic carboxylic acids is 1.